The van der Waals surface area contributed by atoms with E-state index >= 15 is 0 Å². The Bertz CT molecular complexity index is 1800. The van der Waals surface area contributed by atoms with Gasteiger partial charge in [0.05, 0.1) is 12.5 Å². The number of hydrogen-bond donors (Lipinski definition) is 0. The van der Waals surface area contributed by atoms with Gasteiger partial charge in [-0.05, 0) is 98.2 Å². The maximum absolute atomic E-state index is 13.9. The Morgan fingerprint density at radius 2 is 1.37 bits per heavy atom. The number of carbonyl (C=O) groups is 1. The summed E-state index contributed by atoms with van der Waals surface area (Å²) in [6.45, 7) is 3.64. The summed E-state index contributed by atoms with van der Waals surface area (Å²) in [6.07, 6.45) is 5.66. The van der Waals surface area contributed by atoms with Gasteiger partial charge in [0.15, 0.2) is 5.78 Å². The number of likely N-dealkylation sites (tertiary alicyclic amines) is 1. The van der Waals surface area contributed by atoms with Gasteiger partial charge in [-0.2, -0.15) is 16.8 Å². The Labute approximate surface area is 262 Å². The molecule has 0 spiro atoms. The van der Waals surface area contributed by atoms with Gasteiger partial charge < -0.3 is 13.1 Å². The summed E-state index contributed by atoms with van der Waals surface area (Å²) in [5, 5.41) is 0.638. The van der Waals surface area contributed by atoms with Crippen LogP contribution in [0.2, 0.25) is 0 Å². The average Bonchev–Trinajstić information content (AvgIpc) is 3.31. The van der Waals surface area contributed by atoms with E-state index in [1.807, 2.05) is 0 Å². The van der Waals surface area contributed by atoms with Gasteiger partial charge in [0.25, 0.3) is 0 Å². The molecule has 43 heavy (non-hydrogen) atoms. The molecule has 0 bridgehead atoms. The largest absolute Gasteiger partial charge is 0.492 e. The molecule has 0 unspecified atom stereocenters. The lowest BCUT2D eigenvalue weighted by molar-refractivity contribution is 0.104. The molecule has 0 N–H and O–H groups in total. The number of ether oxygens (including phenoxy) is 1. The third-order valence-corrected chi connectivity index (χ3v) is 8.93. The van der Waals surface area contributed by atoms with E-state index < -0.39 is 20.2 Å². The van der Waals surface area contributed by atoms with Crippen LogP contribution in [0.15, 0.2) is 66.7 Å². The van der Waals surface area contributed by atoms with Gasteiger partial charge in [-0.25, -0.2) is 0 Å². The van der Waals surface area contributed by atoms with Crippen molar-refractivity contribution < 1.29 is 34.7 Å². The van der Waals surface area contributed by atoms with Gasteiger partial charge in [-0.1, -0.05) is 6.42 Å². The van der Waals surface area contributed by atoms with Gasteiger partial charge in [-0.3, -0.25) is 9.69 Å². The molecule has 1 fully saturated rings. The van der Waals surface area contributed by atoms with Crippen molar-refractivity contribution in [3.05, 3.63) is 77.9 Å². The number of benzene rings is 3. The molecule has 1 aliphatic heterocycles. The van der Waals surface area contributed by atoms with Crippen LogP contribution >= 0.6 is 23.7 Å². The fraction of sp³-hybridized carbons (Fsp3) is 0.300. The SMILES string of the molecule is CS(=O)(=O)Oc1ccc(-c2sc3cc(OS(C)(=O)=O)ccc3c2C(=O)c2ccc(OCCN3CCCCC3)cc2)cc1.Cl. The number of rotatable bonds is 11. The standard InChI is InChI=1S/C30H31NO8S3.ClH/c1-41(33,34)38-24-12-8-22(9-13-24)30-28(26-15-14-25(20-27(26)40-30)39-42(2,35)36)29(32)21-6-10-23(11-7-21)37-19-18-31-16-4-3-5-17-31;/h6-15,20H,3-5,16-19H2,1-2H3;1H. The molecule has 4 aromatic rings. The predicted molar refractivity (Wildman–Crippen MR) is 171 cm³/mol. The van der Waals surface area contributed by atoms with Gasteiger partial charge >= 0.3 is 20.2 Å². The van der Waals surface area contributed by atoms with Crippen LogP contribution < -0.4 is 13.1 Å². The smallest absolute Gasteiger partial charge is 0.306 e. The van der Waals surface area contributed by atoms with Crippen LogP contribution in [0.4, 0.5) is 0 Å². The van der Waals surface area contributed by atoms with Crippen LogP contribution in [0.3, 0.4) is 0 Å². The summed E-state index contributed by atoms with van der Waals surface area (Å²) < 4.78 is 63.0. The van der Waals surface area contributed by atoms with Crippen LogP contribution in [0.1, 0.15) is 35.2 Å². The molecular weight excluding hydrogens is 634 g/mol. The molecule has 0 atom stereocenters. The van der Waals surface area contributed by atoms with E-state index in [4.69, 9.17) is 13.1 Å². The van der Waals surface area contributed by atoms with Crippen LogP contribution in [-0.4, -0.2) is 66.3 Å². The molecular formula is C30H32ClNO8S3. The summed E-state index contributed by atoms with van der Waals surface area (Å²) in [6, 6.07) is 18.2. The predicted octanol–water partition coefficient (Wildman–Crippen LogP) is 5.76. The maximum Gasteiger partial charge on any atom is 0.306 e. The Balaban J connectivity index is 0.00000423. The molecule has 5 rings (SSSR count). The molecule has 1 aromatic heterocycles. The van der Waals surface area contributed by atoms with E-state index in [0.717, 1.165) is 32.1 Å². The van der Waals surface area contributed by atoms with Crippen LogP contribution in [0.5, 0.6) is 17.2 Å². The molecule has 0 amide bonds. The third-order valence-electron chi connectivity index (χ3n) is 6.74. The minimum absolute atomic E-state index is 0. The van der Waals surface area contributed by atoms with E-state index in [9.17, 15) is 21.6 Å². The average molecular weight is 666 g/mol. The molecule has 3 aromatic carbocycles. The highest BCUT2D eigenvalue weighted by Crippen LogP contribution is 2.42. The van der Waals surface area contributed by atoms with Gasteiger partial charge in [-0.15, -0.1) is 23.7 Å². The molecule has 13 heteroatoms. The highest BCUT2D eigenvalue weighted by molar-refractivity contribution is 7.86. The zero-order valence-corrected chi connectivity index (χ0v) is 26.9. The quantitative estimate of drug-likeness (QED) is 0.146. The topological polar surface area (TPSA) is 116 Å². The van der Waals surface area contributed by atoms with Gasteiger partial charge in [0.2, 0.25) is 0 Å². The Kier molecular flexibility index (Phi) is 10.4. The van der Waals surface area contributed by atoms with Crippen LogP contribution in [0, 0.1) is 0 Å². The lowest BCUT2D eigenvalue weighted by Gasteiger charge is -2.26. The van der Waals surface area contributed by atoms with E-state index in [2.05, 4.69) is 4.90 Å². The van der Waals surface area contributed by atoms with Crippen LogP contribution in [0.25, 0.3) is 20.5 Å². The fourth-order valence-corrected chi connectivity index (χ4v) is 7.04. The lowest BCUT2D eigenvalue weighted by Crippen LogP contribution is -2.33. The minimum Gasteiger partial charge on any atom is -0.492 e. The normalized spacial score (nSPS) is 14.2. The van der Waals surface area contributed by atoms with E-state index in [1.165, 1.54) is 48.8 Å². The molecule has 1 saturated heterocycles. The zero-order chi connectivity index (χ0) is 29.9. The number of ketones is 1. The second kappa shape index (κ2) is 13.6. The van der Waals surface area contributed by atoms with E-state index in [-0.39, 0.29) is 29.7 Å². The highest BCUT2D eigenvalue weighted by Gasteiger charge is 2.23. The van der Waals surface area contributed by atoms with E-state index in [0.29, 0.717) is 44.0 Å². The number of halogens is 1. The second-order valence-electron chi connectivity index (χ2n) is 10.2. The summed E-state index contributed by atoms with van der Waals surface area (Å²) >= 11 is 1.30. The molecule has 230 valence electrons. The number of nitrogens with zero attached hydrogens (tertiary/aromatic N) is 1. The first-order valence-electron chi connectivity index (χ1n) is 13.4. The number of piperidine rings is 1. The Morgan fingerprint density at radius 3 is 2.00 bits per heavy atom. The minimum atomic E-state index is -3.74. The molecule has 2 heterocycles. The van der Waals surface area contributed by atoms with Crippen molar-refractivity contribution in [2.24, 2.45) is 0 Å². The first-order chi connectivity index (χ1) is 19.9. The Morgan fingerprint density at radius 1 is 0.791 bits per heavy atom. The number of thiophene rings is 1. The monoisotopic (exact) mass is 665 g/mol. The molecule has 1 aliphatic rings. The zero-order valence-electron chi connectivity index (χ0n) is 23.6. The van der Waals surface area contributed by atoms with Crippen molar-refractivity contribution in [1.82, 2.24) is 4.90 Å². The van der Waals surface area contributed by atoms with Crippen LogP contribution in [-0.2, 0) is 20.2 Å². The summed E-state index contributed by atoms with van der Waals surface area (Å²) in [7, 11) is -7.43. The third kappa shape index (κ3) is 8.70. The highest BCUT2D eigenvalue weighted by atomic mass is 35.5. The summed E-state index contributed by atoms with van der Waals surface area (Å²) in [4.78, 5) is 17.0. The number of fused-ring (bicyclic) bond motifs is 1. The number of carbonyl (C=O) groups excluding carboxylic acids is 1. The van der Waals surface area contributed by atoms with Crippen molar-refractivity contribution >= 4 is 59.8 Å². The number of hydrogen-bond acceptors (Lipinski definition) is 10. The molecule has 9 nitrogen and oxygen atoms in total. The van der Waals surface area contributed by atoms with Gasteiger partial charge in [0.1, 0.15) is 23.9 Å². The molecule has 0 saturated carbocycles. The lowest BCUT2D eigenvalue weighted by atomic mass is 9.97. The first kappa shape index (κ1) is 32.7. The summed E-state index contributed by atoms with van der Waals surface area (Å²) in [5.74, 6) is 0.752. The van der Waals surface area contributed by atoms with Crippen molar-refractivity contribution in [3.63, 3.8) is 0 Å². The van der Waals surface area contributed by atoms with Crippen molar-refractivity contribution in [2.45, 2.75) is 19.3 Å². The van der Waals surface area contributed by atoms with Crippen molar-refractivity contribution in [1.29, 1.82) is 0 Å². The van der Waals surface area contributed by atoms with Gasteiger partial charge in [0, 0.05) is 32.6 Å². The first-order valence-corrected chi connectivity index (χ1v) is 17.9. The fourth-order valence-electron chi connectivity index (χ4n) is 4.89. The van der Waals surface area contributed by atoms with Crippen molar-refractivity contribution in [3.8, 4) is 27.7 Å². The van der Waals surface area contributed by atoms with Crippen molar-refractivity contribution in [2.75, 3.05) is 38.8 Å². The molecule has 0 aliphatic carbocycles. The second-order valence-corrected chi connectivity index (χ2v) is 14.4. The maximum atomic E-state index is 13.9. The Hall–Kier alpha value is -3.16. The molecule has 0 radical (unpaired) electrons. The van der Waals surface area contributed by atoms with E-state index in [1.54, 1.807) is 48.5 Å². The summed E-state index contributed by atoms with van der Waals surface area (Å²) in [5.41, 5.74) is 1.58.